The van der Waals surface area contributed by atoms with Gasteiger partial charge in [-0.05, 0) is 87.0 Å². The highest BCUT2D eigenvalue weighted by Crippen LogP contribution is 2.37. The van der Waals surface area contributed by atoms with Gasteiger partial charge in [0.1, 0.15) is 11.6 Å². The van der Waals surface area contributed by atoms with Crippen molar-refractivity contribution in [1.29, 1.82) is 0 Å². The number of rotatable bonds is 12. The zero-order valence-electron chi connectivity index (χ0n) is 22.3. The largest absolute Gasteiger partial charge is 0.300 e. The van der Waals surface area contributed by atoms with Gasteiger partial charge in [0.15, 0.2) is 5.78 Å². The van der Waals surface area contributed by atoms with Crippen molar-refractivity contribution in [3.05, 3.63) is 69.8 Å². The molecule has 1 aliphatic rings. The highest BCUT2D eigenvalue weighted by atomic mass is 16.1. The number of ketones is 3. The van der Waals surface area contributed by atoms with Crippen LogP contribution in [0.15, 0.2) is 36.4 Å². The molecule has 0 amide bonds. The second kappa shape index (κ2) is 12.4. The fraction of sp³-hybridized carbons (Fsp3) is 0.531. The van der Waals surface area contributed by atoms with Crippen LogP contribution in [0.3, 0.4) is 0 Å². The molecule has 2 aromatic rings. The first-order valence-electron chi connectivity index (χ1n) is 13.5. The molecule has 0 bridgehead atoms. The lowest BCUT2D eigenvalue weighted by Gasteiger charge is -2.32. The minimum Gasteiger partial charge on any atom is -0.300 e. The Labute approximate surface area is 211 Å². The van der Waals surface area contributed by atoms with Crippen LogP contribution >= 0.6 is 0 Å². The maximum atomic E-state index is 13.3. The Kier molecular flexibility index (Phi) is 9.60. The van der Waals surface area contributed by atoms with Crippen LogP contribution in [0.25, 0.3) is 0 Å². The van der Waals surface area contributed by atoms with Crippen molar-refractivity contribution in [3.8, 4) is 0 Å². The van der Waals surface area contributed by atoms with Crippen molar-refractivity contribution in [2.24, 2.45) is 17.8 Å². The standard InChI is InChI=1S/C32H42O3/c1-6-8-27(28(7-2)30(34)17-23(5)33)18-25-19-29-26(15-11-22(4)32(29)31(35)20-25)16-14-24-12-9-21(3)10-13-24/h9-13,15,25,27-28H,6-8,14,16-20H2,1-5H3. The molecule has 3 unspecified atom stereocenters. The van der Waals surface area contributed by atoms with Gasteiger partial charge in [-0.3, -0.25) is 14.4 Å². The van der Waals surface area contributed by atoms with Gasteiger partial charge < -0.3 is 0 Å². The molecule has 3 rings (SSSR count). The van der Waals surface area contributed by atoms with Crippen molar-refractivity contribution in [1.82, 2.24) is 0 Å². The van der Waals surface area contributed by atoms with Crippen LogP contribution in [0.4, 0.5) is 0 Å². The van der Waals surface area contributed by atoms with Crippen LogP contribution in [0.5, 0.6) is 0 Å². The zero-order valence-corrected chi connectivity index (χ0v) is 22.3. The van der Waals surface area contributed by atoms with E-state index in [0.717, 1.165) is 56.1 Å². The lowest BCUT2D eigenvalue weighted by molar-refractivity contribution is -0.129. The van der Waals surface area contributed by atoms with E-state index in [2.05, 4.69) is 57.2 Å². The van der Waals surface area contributed by atoms with Gasteiger partial charge in [0.25, 0.3) is 0 Å². The molecule has 3 atom stereocenters. The Balaban J connectivity index is 1.81. The molecule has 0 radical (unpaired) electrons. The summed E-state index contributed by atoms with van der Waals surface area (Å²) in [5.41, 5.74) is 7.13. The zero-order chi connectivity index (χ0) is 25.5. The van der Waals surface area contributed by atoms with E-state index in [0.29, 0.717) is 6.42 Å². The highest BCUT2D eigenvalue weighted by molar-refractivity contribution is 6.00. The molecule has 0 N–H and O–H groups in total. The Bertz CT molecular complexity index is 1050. The Morgan fingerprint density at radius 1 is 0.971 bits per heavy atom. The van der Waals surface area contributed by atoms with Crippen molar-refractivity contribution in [3.63, 3.8) is 0 Å². The molecule has 0 saturated heterocycles. The average Bonchev–Trinajstić information content (AvgIpc) is 2.79. The molecule has 1 aliphatic carbocycles. The van der Waals surface area contributed by atoms with Crippen LogP contribution in [-0.4, -0.2) is 17.3 Å². The molecule has 35 heavy (non-hydrogen) atoms. The maximum Gasteiger partial charge on any atom is 0.163 e. The molecule has 0 heterocycles. The summed E-state index contributed by atoms with van der Waals surface area (Å²) in [5, 5.41) is 0. The van der Waals surface area contributed by atoms with E-state index in [1.165, 1.54) is 29.2 Å². The Hall–Kier alpha value is -2.55. The molecule has 3 heteroatoms. The molecular formula is C32H42O3. The van der Waals surface area contributed by atoms with Crippen LogP contribution in [0.1, 0.15) is 97.5 Å². The second-order valence-electron chi connectivity index (χ2n) is 10.7. The predicted molar refractivity (Wildman–Crippen MR) is 143 cm³/mol. The molecule has 0 spiro atoms. The molecule has 0 saturated carbocycles. The normalized spacial score (nSPS) is 17.1. The summed E-state index contributed by atoms with van der Waals surface area (Å²) in [5.74, 6) is 0.676. The number of carbonyl (C=O) groups is 3. The van der Waals surface area contributed by atoms with E-state index in [-0.39, 0.29) is 41.5 Å². The highest BCUT2D eigenvalue weighted by Gasteiger charge is 2.33. The number of fused-ring (bicyclic) bond motifs is 1. The minimum atomic E-state index is -0.0890. The van der Waals surface area contributed by atoms with E-state index < -0.39 is 0 Å². The molecule has 2 aromatic carbocycles. The number of hydrogen-bond acceptors (Lipinski definition) is 3. The molecule has 188 valence electrons. The van der Waals surface area contributed by atoms with E-state index in [1.54, 1.807) is 0 Å². The Morgan fingerprint density at radius 3 is 2.31 bits per heavy atom. The van der Waals surface area contributed by atoms with Gasteiger partial charge in [-0.25, -0.2) is 0 Å². The van der Waals surface area contributed by atoms with Crippen LogP contribution in [0, 0.1) is 31.6 Å². The topological polar surface area (TPSA) is 51.2 Å². The average molecular weight is 475 g/mol. The van der Waals surface area contributed by atoms with Gasteiger partial charge in [0.05, 0.1) is 6.42 Å². The number of hydrogen-bond donors (Lipinski definition) is 0. The van der Waals surface area contributed by atoms with Gasteiger partial charge in [-0.2, -0.15) is 0 Å². The third-order valence-electron chi connectivity index (χ3n) is 7.81. The fourth-order valence-corrected chi connectivity index (χ4v) is 6.07. The van der Waals surface area contributed by atoms with Crippen LogP contribution in [0.2, 0.25) is 0 Å². The molecule has 0 aromatic heterocycles. The third kappa shape index (κ3) is 6.99. The van der Waals surface area contributed by atoms with Crippen molar-refractivity contribution in [2.75, 3.05) is 0 Å². The van der Waals surface area contributed by atoms with Crippen molar-refractivity contribution < 1.29 is 14.4 Å². The third-order valence-corrected chi connectivity index (χ3v) is 7.81. The number of carbonyl (C=O) groups excluding carboxylic acids is 3. The van der Waals surface area contributed by atoms with Crippen molar-refractivity contribution >= 4 is 17.3 Å². The van der Waals surface area contributed by atoms with Crippen LogP contribution < -0.4 is 0 Å². The summed E-state index contributed by atoms with van der Waals surface area (Å²) in [6, 6.07) is 13.0. The van der Waals surface area contributed by atoms with E-state index in [1.807, 2.05) is 6.92 Å². The second-order valence-corrected chi connectivity index (χ2v) is 10.7. The summed E-state index contributed by atoms with van der Waals surface area (Å²) in [6.45, 7) is 9.86. The van der Waals surface area contributed by atoms with Gasteiger partial charge in [0.2, 0.25) is 0 Å². The van der Waals surface area contributed by atoms with E-state index >= 15 is 0 Å². The lowest BCUT2D eigenvalue weighted by atomic mass is 9.71. The van der Waals surface area contributed by atoms with Gasteiger partial charge in [-0.1, -0.05) is 68.7 Å². The predicted octanol–water partition coefficient (Wildman–Crippen LogP) is 7.21. The number of Topliss-reactive ketones (excluding diaryl/α,β-unsaturated/α-hetero) is 3. The van der Waals surface area contributed by atoms with E-state index in [4.69, 9.17) is 0 Å². The number of benzene rings is 2. The first kappa shape index (κ1) is 27.0. The molecule has 0 aliphatic heterocycles. The molecule has 3 nitrogen and oxygen atoms in total. The summed E-state index contributed by atoms with van der Waals surface area (Å²) < 4.78 is 0. The summed E-state index contributed by atoms with van der Waals surface area (Å²) in [6.07, 6.45) is 7.01. The monoisotopic (exact) mass is 474 g/mol. The first-order valence-corrected chi connectivity index (χ1v) is 13.5. The van der Waals surface area contributed by atoms with Crippen LogP contribution in [-0.2, 0) is 28.9 Å². The Morgan fingerprint density at radius 2 is 1.69 bits per heavy atom. The lowest BCUT2D eigenvalue weighted by Crippen LogP contribution is -2.30. The van der Waals surface area contributed by atoms with Crippen molar-refractivity contribution in [2.45, 2.75) is 92.4 Å². The molecule has 0 fully saturated rings. The van der Waals surface area contributed by atoms with Gasteiger partial charge in [0, 0.05) is 17.9 Å². The summed E-state index contributed by atoms with van der Waals surface area (Å²) in [4.78, 5) is 37.8. The quantitative estimate of drug-likeness (QED) is 0.305. The van der Waals surface area contributed by atoms with Gasteiger partial charge in [-0.15, -0.1) is 0 Å². The summed E-state index contributed by atoms with van der Waals surface area (Å²) in [7, 11) is 0. The SMILES string of the molecule is CCCC(CC1CC(=O)c2c(C)ccc(CCc3ccc(C)cc3)c2C1)C(CC)C(=O)CC(C)=O. The molecular weight excluding hydrogens is 432 g/mol. The van der Waals surface area contributed by atoms with Gasteiger partial charge >= 0.3 is 0 Å². The van der Waals surface area contributed by atoms with E-state index in [9.17, 15) is 14.4 Å². The fourth-order valence-electron chi connectivity index (χ4n) is 6.07. The maximum absolute atomic E-state index is 13.3. The summed E-state index contributed by atoms with van der Waals surface area (Å²) >= 11 is 0. The smallest absolute Gasteiger partial charge is 0.163 e. The number of aryl methyl sites for hydroxylation is 4. The minimum absolute atomic E-state index is 0.0352. The first-order chi connectivity index (χ1) is 16.7.